The molecule has 1 aromatic rings. The molecule has 0 aliphatic carbocycles. The Morgan fingerprint density at radius 1 is 1.36 bits per heavy atom. The Hall–Kier alpha value is -0.670. The van der Waals surface area contributed by atoms with E-state index in [1.54, 1.807) is 6.26 Å². The van der Waals surface area contributed by atoms with Crippen molar-refractivity contribution in [1.82, 2.24) is 0 Å². The zero-order valence-electron chi connectivity index (χ0n) is 6.41. The molecule has 0 bridgehead atoms. The van der Waals surface area contributed by atoms with Gasteiger partial charge >= 0.3 is 0 Å². The van der Waals surface area contributed by atoms with Gasteiger partial charge in [0.15, 0.2) is 0 Å². The molecule has 11 heavy (non-hydrogen) atoms. The van der Waals surface area contributed by atoms with Crippen LogP contribution >= 0.6 is 0 Å². The van der Waals surface area contributed by atoms with E-state index in [-0.39, 0.29) is 0 Å². The molecule has 1 rings (SSSR count). The topological polar surface area (TPSA) is 43.1 Å². The zero-order valence-corrected chi connectivity index (χ0v) is 7.23. The predicted octanol–water partition coefficient (Wildman–Crippen LogP) is 0.883. The van der Waals surface area contributed by atoms with Gasteiger partial charge in [-0.25, -0.2) is 0 Å². The highest BCUT2D eigenvalue weighted by molar-refractivity contribution is 7.84. The average Bonchev–Trinajstić information content (AvgIpc) is 2.05. The first-order chi connectivity index (χ1) is 5.24. The van der Waals surface area contributed by atoms with Crippen molar-refractivity contribution in [1.29, 1.82) is 0 Å². The minimum atomic E-state index is -0.880. The van der Waals surface area contributed by atoms with Crippen molar-refractivity contribution < 1.29 is 4.21 Å². The summed E-state index contributed by atoms with van der Waals surface area (Å²) in [6, 6.07) is 7.49. The van der Waals surface area contributed by atoms with Gasteiger partial charge in [-0.1, -0.05) is 12.1 Å². The van der Waals surface area contributed by atoms with Crippen LogP contribution in [0.25, 0.3) is 0 Å². The van der Waals surface area contributed by atoms with E-state index in [0.717, 1.165) is 10.5 Å². The Morgan fingerprint density at radius 2 is 1.91 bits per heavy atom. The minimum absolute atomic E-state index is 0.538. The van der Waals surface area contributed by atoms with Crippen LogP contribution in [0.1, 0.15) is 5.56 Å². The molecule has 3 heteroatoms. The van der Waals surface area contributed by atoms with E-state index in [4.69, 9.17) is 5.73 Å². The fraction of sp³-hybridized carbons (Fsp3) is 0.250. The molecule has 0 fully saturated rings. The summed E-state index contributed by atoms with van der Waals surface area (Å²) in [5.74, 6) is 0. The molecule has 0 aliphatic heterocycles. The lowest BCUT2D eigenvalue weighted by Gasteiger charge is -1.97. The van der Waals surface area contributed by atoms with Crippen molar-refractivity contribution >= 4 is 10.8 Å². The van der Waals surface area contributed by atoms with Gasteiger partial charge in [-0.2, -0.15) is 0 Å². The highest BCUT2D eigenvalue weighted by Crippen LogP contribution is 2.06. The molecule has 60 valence electrons. The third-order valence-electron chi connectivity index (χ3n) is 1.49. The second-order valence-corrected chi connectivity index (χ2v) is 3.68. The first kappa shape index (κ1) is 8.43. The molecular weight excluding hydrogens is 158 g/mol. The lowest BCUT2D eigenvalue weighted by molar-refractivity contribution is 0.687. The van der Waals surface area contributed by atoms with Crippen LogP contribution in [-0.4, -0.2) is 10.5 Å². The van der Waals surface area contributed by atoms with Crippen molar-refractivity contribution in [3.05, 3.63) is 29.8 Å². The number of hydrogen-bond acceptors (Lipinski definition) is 2. The molecule has 0 saturated heterocycles. The van der Waals surface area contributed by atoms with E-state index in [1.807, 2.05) is 24.3 Å². The number of rotatable bonds is 2. The highest BCUT2D eigenvalue weighted by atomic mass is 32.2. The molecule has 2 nitrogen and oxygen atoms in total. The van der Waals surface area contributed by atoms with Crippen LogP contribution in [0.5, 0.6) is 0 Å². The molecule has 1 atom stereocenters. The van der Waals surface area contributed by atoms with Gasteiger partial charge in [-0.15, -0.1) is 0 Å². The first-order valence-corrected chi connectivity index (χ1v) is 4.92. The van der Waals surface area contributed by atoms with Gasteiger partial charge in [-0.3, -0.25) is 4.21 Å². The van der Waals surface area contributed by atoms with E-state index >= 15 is 0 Å². The lowest BCUT2D eigenvalue weighted by atomic mass is 10.2. The minimum Gasteiger partial charge on any atom is -0.326 e. The summed E-state index contributed by atoms with van der Waals surface area (Å²) >= 11 is 0. The maximum Gasteiger partial charge on any atom is 0.0498 e. The number of hydrogen-bond donors (Lipinski definition) is 1. The molecule has 0 amide bonds. The first-order valence-electron chi connectivity index (χ1n) is 3.36. The van der Waals surface area contributed by atoms with Crippen LogP contribution in [-0.2, 0) is 17.3 Å². The smallest absolute Gasteiger partial charge is 0.0498 e. The van der Waals surface area contributed by atoms with Crippen molar-refractivity contribution in [3.8, 4) is 0 Å². The Labute approximate surface area is 68.9 Å². The van der Waals surface area contributed by atoms with Crippen molar-refractivity contribution in [2.75, 3.05) is 6.26 Å². The SMILES string of the molecule is CS(=O)c1ccc(CN)cc1. The van der Waals surface area contributed by atoms with Crippen molar-refractivity contribution in [2.24, 2.45) is 5.73 Å². The normalized spacial score (nSPS) is 12.9. The van der Waals surface area contributed by atoms with Gasteiger partial charge < -0.3 is 5.73 Å². The maximum absolute atomic E-state index is 10.9. The molecule has 0 radical (unpaired) electrons. The average molecular weight is 169 g/mol. The van der Waals surface area contributed by atoms with Gasteiger partial charge in [0.05, 0.1) is 0 Å². The molecule has 1 aromatic carbocycles. The van der Waals surface area contributed by atoms with Crippen LogP contribution in [0.4, 0.5) is 0 Å². The van der Waals surface area contributed by atoms with Gasteiger partial charge in [0.25, 0.3) is 0 Å². The highest BCUT2D eigenvalue weighted by Gasteiger charge is 1.95. The summed E-state index contributed by atoms with van der Waals surface area (Å²) in [6.07, 6.45) is 1.66. The molecule has 1 unspecified atom stereocenters. The molecule has 0 saturated carbocycles. The van der Waals surface area contributed by atoms with E-state index < -0.39 is 10.8 Å². The van der Waals surface area contributed by atoms with Crippen LogP contribution in [0.15, 0.2) is 29.2 Å². The molecular formula is C8H11NOS. The van der Waals surface area contributed by atoms with Crippen LogP contribution in [0, 0.1) is 0 Å². The number of nitrogens with two attached hydrogens (primary N) is 1. The third-order valence-corrected chi connectivity index (χ3v) is 2.43. The lowest BCUT2D eigenvalue weighted by Crippen LogP contribution is -1.96. The van der Waals surface area contributed by atoms with Crippen molar-refractivity contribution in [3.63, 3.8) is 0 Å². The standard InChI is InChI=1S/C8H11NOS/c1-11(10)8-4-2-7(6-9)3-5-8/h2-5H,6,9H2,1H3. The van der Waals surface area contributed by atoms with E-state index in [2.05, 4.69) is 0 Å². The maximum atomic E-state index is 10.9. The number of benzene rings is 1. The monoisotopic (exact) mass is 169 g/mol. The second-order valence-electron chi connectivity index (χ2n) is 2.30. The van der Waals surface area contributed by atoms with Crippen LogP contribution < -0.4 is 5.73 Å². The zero-order chi connectivity index (χ0) is 8.27. The van der Waals surface area contributed by atoms with E-state index in [1.165, 1.54) is 0 Å². The molecule has 0 aromatic heterocycles. The van der Waals surface area contributed by atoms with Crippen LogP contribution in [0.2, 0.25) is 0 Å². The van der Waals surface area contributed by atoms with E-state index in [0.29, 0.717) is 6.54 Å². The van der Waals surface area contributed by atoms with E-state index in [9.17, 15) is 4.21 Å². The quantitative estimate of drug-likeness (QED) is 0.714. The van der Waals surface area contributed by atoms with Crippen LogP contribution in [0.3, 0.4) is 0 Å². The fourth-order valence-corrected chi connectivity index (χ4v) is 1.34. The van der Waals surface area contributed by atoms with Gasteiger partial charge in [0.2, 0.25) is 0 Å². The van der Waals surface area contributed by atoms with Gasteiger partial charge in [0, 0.05) is 28.5 Å². The van der Waals surface area contributed by atoms with Gasteiger partial charge in [0.1, 0.15) is 0 Å². The third kappa shape index (κ3) is 2.13. The van der Waals surface area contributed by atoms with Crippen molar-refractivity contribution in [2.45, 2.75) is 11.4 Å². The Morgan fingerprint density at radius 3 is 2.27 bits per heavy atom. The Kier molecular flexibility index (Phi) is 2.79. The predicted molar refractivity (Wildman–Crippen MR) is 46.7 cm³/mol. The Balaban J connectivity index is 2.91. The second kappa shape index (κ2) is 3.64. The largest absolute Gasteiger partial charge is 0.326 e. The molecule has 2 N–H and O–H groups in total. The molecule has 0 aliphatic rings. The van der Waals surface area contributed by atoms with Gasteiger partial charge in [-0.05, 0) is 17.7 Å². The molecule has 0 spiro atoms. The molecule has 0 heterocycles. The Bertz CT molecular complexity index is 255. The summed E-state index contributed by atoms with van der Waals surface area (Å²) in [6.45, 7) is 0.538. The summed E-state index contributed by atoms with van der Waals surface area (Å²) in [7, 11) is -0.880. The summed E-state index contributed by atoms with van der Waals surface area (Å²) in [5.41, 5.74) is 6.47. The summed E-state index contributed by atoms with van der Waals surface area (Å²) in [5, 5.41) is 0. The summed E-state index contributed by atoms with van der Waals surface area (Å²) in [4.78, 5) is 0.849. The fourth-order valence-electron chi connectivity index (χ4n) is 0.817. The summed E-state index contributed by atoms with van der Waals surface area (Å²) < 4.78 is 10.9.